The minimum absolute atomic E-state index is 0.0558. The second-order valence-corrected chi connectivity index (χ2v) is 8.71. The molecule has 3 rings (SSSR count). The third-order valence-corrected chi connectivity index (χ3v) is 6.90. The topological polar surface area (TPSA) is 58.6 Å². The van der Waals surface area contributed by atoms with Gasteiger partial charge in [0.1, 0.15) is 0 Å². The molecule has 0 amide bonds. The van der Waals surface area contributed by atoms with Crippen LogP contribution in [0.4, 0.5) is 0 Å². The zero-order valence-electron chi connectivity index (χ0n) is 13.5. The number of sulfonamides is 1. The molecule has 5 nitrogen and oxygen atoms in total. The van der Waals surface area contributed by atoms with Gasteiger partial charge in [0, 0.05) is 18.5 Å². The van der Waals surface area contributed by atoms with E-state index in [9.17, 15) is 8.42 Å². The van der Waals surface area contributed by atoms with Gasteiger partial charge in [0.25, 0.3) is 0 Å². The van der Waals surface area contributed by atoms with Crippen LogP contribution in [0.15, 0.2) is 29.2 Å². The van der Waals surface area contributed by atoms with Gasteiger partial charge >= 0.3 is 0 Å². The fourth-order valence-corrected chi connectivity index (χ4v) is 5.32. The second-order valence-electron chi connectivity index (χ2n) is 6.82. The Bertz CT molecular complexity index is 654. The highest BCUT2D eigenvalue weighted by Gasteiger charge is 2.56. The van der Waals surface area contributed by atoms with E-state index in [0.717, 1.165) is 12.0 Å². The van der Waals surface area contributed by atoms with E-state index < -0.39 is 10.0 Å². The van der Waals surface area contributed by atoms with Gasteiger partial charge < -0.3 is 0 Å². The van der Waals surface area contributed by atoms with Crippen LogP contribution in [0, 0.1) is 12.8 Å². The van der Waals surface area contributed by atoms with E-state index in [1.54, 1.807) is 16.4 Å². The number of nitrogens with zero attached hydrogens (tertiary/aromatic N) is 1. The maximum Gasteiger partial charge on any atom is 0.243 e. The molecule has 0 saturated carbocycles. The van der Waals surface area contributed by atoms with E-state index in [1.165, 1.54) is 0 Å². The monoisotopic (exact) mass is 324 g/mol. The van der Waals surface area contributed by atoms with Crippen molar-refractivity contribution in [2.24, 2.45) is 5.92 Å². The van der Waals surface area contributed by atoms with Crippen LogP contribution in [0.5, 0.6) is 0 Å². The van der Waals surface area contributed by atoms with Crippen LogP contribution in [0.25, 0.3) is 0 Å². The van der Waals surface area contributed by atoms with E-state index in [4.69, 9.17) is 4.84 Å². The molecule has 0 bridgehead atoms. The van der Waals surface area contributed by atoms with Crippen LogP contribution in [0.2, 0.25) is 0 Å². The first-order valence-corrected chi connectivity index (χ1v) is 9.23. The molecule has 1 aromatic rings. The van der Waals surface area contributed by atoms with Gasteiger partial charge in [0.2, 0.25) is 10.0 Å². The van der Waals surface area contributed by atoms with Crippen LogP contribution < -0.4 is 5.48 Å². The summed E-state index contributed by atoms with van der Waals surface area (Å²) in [5.74, 6) is 0.165. The Morgan fingerprint density at radius 3 is 2.55 bits per heavy atom. The Morgan fingerprint density at radius 2 is 1.95 bits per heavy atom. The Hall–Kier alpha value is -0.950. The molecular weight excluding hydrogens is 300 g/mol. The standard InChI is InChI=1S/C16H24N2O3S/c1-5-14-15-13(16(3,4)21-17-15)10-18(14)22(19,20)12-8-6-11(2)7-9-12/h6-9,13-15,17H,5,10H2,1-4H3/t13-,14-,15-/m0/s1. The molecule has 6 heteroatoms. The van der Waals surface area contributed by atoms with E-state index in [-0.39, 0.29) is 23.6 Å². The number of rotatable bonds is 3. The first-order chi connectivity index (χ1) is 10.3. The van der Waals surface area contributed by atoms with Gasteiger partial charge in [-0.15, -0.1) is 0 Å². The molecule has 1 aromatic carbocycles. The molecule has 22 heavy (non-hydrogen) atoms. The Morgan fingerprint density at radius 1 is 1.32 bits per heavy atom. The molecular formula is C16H24N2O3S. The van der Waals surface area contributed by atoms with E-state index in [1.807, 2.05) is 39.8 Å². The number of nitrogens with one attached hydrogen (secondary N) is 1. The lowest BCUT2D eigenvalue weighted by atomic mass is 9.86. The van der Waals surface area contributed by atoms with Gasteiger partial charge in [0.05, 0.1) is 16.5 Å². The largest absolute Gasteiger partial charge is 0.295 e. The van der Waals surface area contributed by atoms with Gasteiger partial charge in [-0.2, -0.15) is 9.79 Å². The minimum Gasteiger partial charge on any atom is -0.295 e. The van der Waals surface area contributed by atoms with Crippen molar-refractivity contribution in [3.8, 4) is 0 Å². The molecule has 0 radical (unpaired) electrons. The van der Waals surface area contributed by atoms with Gasteiger partial charge in [-0.1, -0.05) is 24.6 Å². The zero-order chi connectivity index (χ0) is 16.1. The average molecular weight is 324 g/mol. The number of hydrogen-bond donors (Lipinski definition) is 1. The number of aryl methyl sites for hydroxylation is 1. The van der Waals surface area contributed by atoms with Gasteiger partial charge in [-0.25, -0.2) is 8.42 Å². The highest BCUT2D eigenvalue weighted by molar-refractivity contribution is 7.89. The smallest absolute Gasteiger partial charge is 0.243 e. The van der Waals surface area contributed by atoms with Gasteiger partial charge in [0.15, 0.2) is 0 Å². The summed E-state index contributed by atoms with van der Waals surface area (Å²) in [6.45, 7) is 8.51. The van der Waals surface area contributed by atoms with Crippen molar-refractivity contribution >= 4 is 10.0 Å². The third-order valence-electron chi connectivity index (χ3n) is 4.99. The van der Waals surface area contributed by atoms with Crippen molar-refractivity contribution in [2.75, 3.05) is 6.54 Å². The van der Waals surface area contributed by atoms with Crippen molar-refractivity contribution in [1.29, 1.82) is 0 Å². The summed E-state index contributed by atoms with van der Waals surface area (Å²) >= 11 is 0. The van der Waals surface area contributed by atoms with Crippen LogP contribution in [0.3, 0.4) is 0 Å². The predicted octanol–water partition coefficient (Wildman–Crippen LogP) is 2.08. The van der Waals surface area contributed by atoms with Crippen molar-refractivity contribution in [3.05, 3.63) is 29.8 Å². The summed E-state index contributed by atoms with van der Waals surface area (Å²) in [5, 5.41) is 0. The molecule has 2 fully saturated rings. The van der Waals surface area contributed by atoms with Crippen molar-refractivity contribution in [1.82, 2.24) is 9.79 Å². The first-order valence-electron chi connectivity index (χ1n) is 7.79. The van der Waals surface area contributed by atoms with E-state index in [2.05, 4.69) is 5.48 Å². The minimum atomic E-state index is -3.47. The van der Waals surface area contributed by atoms with Crippen molar-refractivity contribution in [2.45, 2.75) is 56.7 Å². The van der Waals surface area contributed by atoms with Gasteiger partial charge in [-0.3, -0.25) is 4.84 Å². The van der Waals surface area contributed by atoms with Crippen LogP contribution in [0.1, 0.15) is 32.8 Å². The van der Waals surface area contributed by atoms with Crippen LogP contribution >= 0.6 is 0 Å². The maximum atomic E-state index is 13.0. The predicted molar refractivity (Wildman–Crippen MR) is 84.7 cm³/mol. The SMILES string of the molecule is CC[C@H]1[C@H]2NOC(C)(C)[C@H]2CN1S(=O)(=O)c1ccc(C)cc1. The summed E-state index contributed by atoms with van der Waals surface area (Å²) < 4.78 is 27.7. The third kappa shape index (κ3) is 2.38. The molecule has 3 atom stereocenters. The normalized spacial score (nSPS) is 31.4. The molecule has 0 aliphatic carbocycles. The summed E-state index contributed by atoms with van der Waals surface area (Å²) in [6, 6.07) is 7.06. The summed E-state index contributed by atoms with van der Waals surface area (Å²) in [5.41, 5.74) is 3.77. The fraction of sp³-hybridized carbons (Fsp3) is 0.625. The quantitative estimate of drug-likeness (QED) is 0.925. The first kappa shape index (κ1) is 15.9. The molecule has 0 unspecified atom stereocenters. The van der Waals surface area contributed by atoms with Crippen molar-refractivity contribution < 1.29 is 13.3 Å². The van der Waals surface area contributed by atoms with Crippen LogP contribution in [-0.4, -0.2) is 37.0 Å². The van der Waals surface area contributed by atoms with Crippen LogP contribution in [-0.2, 0) is 14.9 Å². The molecule has 2 aliphatic heterocycles. The molecule has 2 heterocycles. The Labute approximate surface area is 132 Å². The Balaban J connectivity index is 1.95. The number of hydrogen-bond acceptors (Lipinski definition) is 4. The molecule has 122 valence electrons. The number of benzene rings is 1. The molecule has 2 saturated heterocycles. The van der Waals surface area contributed by atoms with E-state index >= 15 is 0 Å². The summed E-state index contributed by atoms with van der Waals surface area (Å²) in [4.78, 5) is 6.02. The molecule has 0 aromatic heterocycles. The lowest BCUT2D eigenvalue weighted by Crippen LogP contribution is -2.43. The van der Waals surface area contributed by atoms with Crippen molar-refractivity contribution in [3.63, 3.8) is 0 Å². The fourth-order valence-electron chi connectivity index (χ4n) is 3.58. The molecule has 1 N–H and O–H groups in total. The maximum absolute atomic E-state index is 13.0. The highest BCUT2D eigenvalue weighted by Crippen LogP contribution is 2.41. The summed E-state index contributed by atoms with van der Waals surface area (Å²) in [6.07, 6.45) is 0.763. The van der Waals surface area contributed by atoms with Gasteiger partial charge in [-0.05, 0) is 39.3 Å². The second kappa shape index (κ2) is 5.30. The number of hydroxylamine groups is 1. The lowest BCUT2D eigenvalue weighted by Gasteiger charge is -2.27. The lowest BCUT2D eigenvalue weighted by molar-refractivity contribution is -0.0526. The zero-order valence-corrected chi connectivity index (χ0v) is 14.4. The molecule has 2 aliphatic rings. The average Bonchev–Trinajstić information content (AvgIpc) is 2.98. The van der Waals surface area contributed by atoms with E-state index in [0.29, 0.717) is 11.4 Å². The summed E-state index contributed by atoms with van der Waals surface area (Å²) in [7, 11) is -3.47. The molecule has 0 spiro atoms. The highest BCUT2D eigenvalue weighted by atomic mass is 32.2. The number of fused-ring (bicyclic) bond motifs is 1. The Kier molecular flexibility index (Phi) is 3.84.